The first-order valence-corrected chi connectivity index (χ1v) is 6.88. The van der Waals surface area contributed by atoms with Crippen LogP contribution < -0.4 is 11.1 Å². The van der Waals surface area contributed by atoms with Crippen LogP contribution in [0.25, 0.3) is 0 Å². The summed E-state index contributed by atoms with van der Waals surface area (Å²) in [5.41, 5.74) is 5.73. The second-order valence-corrected chi connectivity index (χ2v) is 5.45. The number of anilines is 2. The number of rotatable bonds is 3. The van der Waals surface area contributed by atoms with E-state index < -0.39 is 11.7 Å². The fourth-order valence-corrected chi connectivity index (χ4v) is 2.46. The maximum Gasteiger partial charge on any atom is 0.416 e. The zero-order valence-electron chi connectivity index (χ0n) is 10.3. The Morgan fingerprint density at radius 2 is 2.10 bits per heavy atom. The van der Waals surface area contributed by atoms with E-state index in [1.165, 1.54) is 17.4 Å². The van der Waals surface area contributed by atoms with Crippen LogP contribution in [0.3, 0.4) is 0 Å². The molecule has 0 amide bonds. The summed E-state index contributed by atoms with van der Waals surface area (Å²) >= 11 is 7.14. The number of halogens is 4. The molecule has 108 valence electrons. The number of thiazole rings is 1. The van der Waals surface area contributed by atoms with Gasteiger partial charge in [-0.15, -0.1) is 11.3 Å². The molecule has 0 aliphatic heterocycles. The van der Waals surface area contributed by atoms with E-state index in [1.54, 1.807) is 12.3 Å². The Morgan fingerprint density at radius 3 is 2.65 bits per heavy atom. The number of benzene rings is 1. The van der Waals surface area contributed by atoms with Crippen molar-refractivity contribution in [2.24, 2.45) is 5.73 Å². The Labute approximate surface area is 122 Å². The van der Waals surface area contributed by atoms with Crippen LogP contribution in [0, 0.1) is 0 Å². The molecular formula is C12H11ClF3N3S. The molecule has 1 heterocycles. The highest BCUT2D eigenvalue weighted by Gasteiger charge is 2.31. The molecule has 0 aliphatic rings. The first kappa shape index (κ1) is 15.1. The van der Waals surface area contributed by atoms with E-state index >= 15 is 0 Å². The van der Waals surface area contributed by atoms with Crippen molar-refractivity contribution in [1.29, 1.82) is 0 Å². The Morgan fingerprint density at radius 1 is 1.40 bits per heavy atom. The standard InChI is InChI=1S/C12H11ClF3N3S/c1-6(17)10-5-20-11(19-10)18-9-4-7(12(14,15)16)2-3-8(9)13/h2-6H,17H2,1H3,(H,18,19). The van der Waals surface area contributed by atoms with Gasteiger partial charge in [0.15, 0.2) is 5.13 Å². The molecule has 1 aromatic carbocycles. The number of hydrogen-bond acceptors (Lipinski definition) is 4. The van der Waals surface area contributed by atoms with Gasteiger partial charge in [0.25, 0.3) is 0 Å². The van der Waals surface area contributed by atoms with Crippen molar-refractivity contribution in [1.82, 2.24) is 4.98 Å². The molecule has 0 saturated heterocycles. The van der Waals surface area contributed by atoms with Gasteiger partial charge in [0.2, 0.25) is 0 Å². The van der Waals surface area contributed by atoms with Crippen LogP contribution in [0.2, 0.25) is 5.02 Å². The van der Waals surface area contributed by atoms with Crippen LogP contribution in [0.1, 0.15) is 24.2 Å². The van der Waals surface area contributed by atoms with Gasteiger partial charge < -0.3 is 11.1 Å². The summed E-state index contributed by atoms with van der Waals surface area (Å²) in [6.07, 6.45) is -4.42. The van der Waals surface area contributed by atoms with E-state index in [-0.39, 0.29) is 16.8 Å². The minimum absolute atomic E-state index is 0.159. The van der Waals surface area contributed by atoms with E-state index in [4.69, 9.17) is 17.3 Å². The lowest BCUT2D eigenvalue weighted by atomic mass is 10.2. The van der Waals surface area contributed by atoms with E-state index in [0.29, 0.717) is 10.8 Å². The number of nitrogens with one attached hydrogen (secondary N) is 1. The van der Waals surface area contributed by atoms with Crippen molar-refractivity contribution in [2.75, 3.05) is 5.32 Å². The van der Waals surface area contributed by atoms with E-state index in [2.05, 4.69) is 10.3 Å². The summed E-state index contributed by atoms with van der Waals surface area (Å²) in [6.45, 7) is 1.77. The molecule has 0 saturated carbocycles. The van der Waals surface area contributed by atoms with Crippen molar-refractivity contribution < 1.29 is 13.2 Å². The third kappa shape index (κ3) is 3.41. The van der Waals surface area contributed by atoms with Crippen LogP contribution >= 0.6 is 22.9 Å². The molecule has 0 bridgehead atoms. The van der Waals surface area contributed by atoms with E-state index in [0.717, 1.165) is 12.1 Å². The van der Waals surface area contributed by atoms with Gasteiger partial charge in [0, 0.05) is 11.4 Å². The monoisotopic (exact) mass is 321 g/mol. The maximum absolute atomic E-state index is 12.6. The molecule has 20 heavy (non-hydrogen) atoms. The third-order valence-electron chi connectivity index (χ3n) is 2.52. The van der Waals surface area contributed by atoms with Crippen LogP contribution in [0.4, 0.5) is 24.0 Å². The van der Waals surface area contributed by atoms with Gasteiger partial charge in [0.05, 0.1) is 22.0 Å². The third-order valence-corrected chi connectivity index (χ3v) is 3.63. The normalized spacial score (nSPS) is 13.3. The SMILES string of the molecule is CC(N)c1csc(Nc2cc(C(F)(F)F)ccc2Cl)n1. The first-order chi connectivity index (χ1) is 9.27. The smallest absolute Gasteiger partial charge is 0.330 e. The highest BCUT2D eigenvalue weighted by molar-refractivity contribution is 7.13. The quantitative estimate of drug-likeness (QED) is 0.870. The number of alkyl halides is 3. The fraction of sp³-hybridized carbons (Fsp3) is 0.250. The average Bonchev–Trinajstić information content (AvgIpc) is 2.79. The highest BCUT2D eigenvalue weighted by atomic mass is 35.5. The van der Waals surface area contributed by atoms with Crippen molar-refractivity contribution in [3.8, 4) is 0 Å². The fourth-order valence-electron chi connectivity index (χ4n) is 1.47. The molecule has 3 nitrogen and oxygen atoms in total. The zero-order valence-corrected chi connectivity index (χ0v) is 11.9. The number of hydrogen-bond donors (Lipinski definition) is 2. The molecule has 0 fully saturated rings. The predicted molar refractivity (Wildman–Crippen MR) is 74.5 cm³/mol. The maximum atomic E-state index is 12.6. The minimum Gasteiger partial charge on any atom is -0.330 e. The highest BCUT2D eigenvalue weighted by Crippen LogP contribution is 2.35. The van der Waals surface area contributed by atoms with Gasteiger partial charge in [-0.1, -0.05) is 11.6 Å². The molecule has 1 atom stereocenters. The molecule has 2 aromatic rings. The lowest BCUT2D eigenvalue weighted by Gasteiger charge is -2.10. The van der Waals surface area contributed by atoms with Gasteiger partial charge >= 0.3 is 6.18 Å². The lowest BCUT2D eigenvalue weighted by molar-refractivity contribution is -0.137. The Hall–Kier alpha value is -1.31. The second kappa shape index (κ2) is 5.59. The molecule has 0 radical (unpaired) electrons. The zero-order chi connectivity index (χ0) is 14.9. The number of aromatic nitrogens is 1. The summed E-state index contributed by atoms with van der Waals surface area (Å²) in [5, 5.41) is 5.16. The number of nitrogens with two attached hydrogens (primary N) is 1. The molecule has 0 spiro atoms. The number of nitrogens with zero attached hydrogens (tertiary/aromatic N) is 1. The first-order valence-electron chi connectivity index (χ1n) is 5.62. The van der Waals surface area contributed by atoms with Gasteiger partial charge in [-0.05, 0) is 25.1 Å². The Kier molecular flexibility index (Phi) is 4.22. The van der Waals surface area contributed by atoms with Crippen molar-refractivity contribution in [2.45, 2.75) is 19.1 Å². The summed E-state index contributed by atoms with van der Waals surface area (Å²) in [7, 11) is 0. The molecule has 2 rings (SSSR count). The molecule has 0 aliphatic carbocycles. The second-order valence-electron chi connectivity index (χ2n) is 4.18. The summed E-state index contributed by atoms with van der Waals surface area (Å²) in [6, 6.07) is 2.85. The Balaban J connectivity index is 2.28. The molecule has 1 aromatic heterocycles. The summed E-state index contributed by atoms with van der Waals surface area (Å²) in [5.74, 6) is 0. The van der Waals surface area contributed by atoms with E-state index in [1.807, 2.05) is 0 Å². The molecular weight excluding hydrogens is 311 g/mol. The van der Waals surface area contributed by atoms with Crippen LogP contribution in [0.15, 0.2) is 23.6 Å². The van der Waals surface area contributed by atoms with Crippen LogP contribution in [-0.4, -0.2) is 4.98 Å². The van der Waals surface area contributed by atoms with Gasteiger partial charge in [-0.25, -0.2) is 4.98 Å². The largest absolute Gasteiger partial charge is 0.416 e. The lowest BCUT2D eigenvalue weighted by Crippen LogP contribution is -2.06. The van der Waals surface area contributed by atoms with Gasteiger partial charge in [0.1, 0.15) is 0 Å². The average molecular weight is 322 g/mol. The summed E-state index contributed by atoms with van der Waals surface area (Å²) < 4.78 is 37.9. The topological polar surface area (TPSA) is 50.9 Å². The summed E-state index contributed by atoms with van der Waals surface area (Å²) in [4.78, 5) is 4.18. The van der Waals surface area contributed by atoms with Crippen LogP contribution in [0.5, 0.6) is 0 Å². The van der Waals surface area contributed by atoms with Crippen molar-refractivity contribution in [3.05, 3.63) is 39.9 Å². The van der Waals surface area contributed by atoms with E-state index in [9.17, 15) is 13.2 Å². The van der Waals surface area contributed by atoms with Gasteiger partial charge in [-0.2, -0.15) is 13.2 Å². The van der Waals surface area contributed by atoms with Crippen LogP contribution in [-0.2, 0) is 6.18 Å². The molecule has 8 heteroatoms. The predicted octanol–water partition coefficient (Wildman–Crippen LogP) is 4.58. The minimum atomic E-state index is -4.42. The molecule has 3 N–H and O–H groups in total. The van der Waals surface area contributed by atoms with Crippen molar-refractivity contribution in [3.63, 3.8) is 0 Å². The van der Waals surface area contributed by atoms with Gasteiger partial charge in [-0.3, -0.25) is 0 Å². The van der Waals surface area contributed by atoms with Crippen molar-refractivity contribution >= 4 is 33.8 Å². The Bertz CT molecular complexity index is 610. The molecule has 1 unspecified atom stereocenters.